The molecule has 2 atom stereocenters. The molecule has 3 fully saturated rings. The third kappa shape index (κ3) is 3.85. The lowest BCUT2D eigenvalue weighted by molar-refractivity contribution is 0.130. The van der Waals surface area contributed by atoms with Gasteiger partial charge < -0.3 is 9.80 Å². The fourth-order valence-electron chi connectivity index (χ4n) is 6.37. The molecule has 0 bridgehead atoms. The molecule has 1 aromatic carbocycles. The highest BCUT2D eigenvalue weighted by molar-refractivity contribution is 5.75. The second kappa shape index (κ2) is 9.06. The molecule has 2 saturated heterocycles. The number of fused-ring (bicyclic) bond motifs is 2. The first-order valence-corrected chi connectivity index (χ1v) is 13.4. The van der Waals surface area contributed by atoms with Crippen LogP contribution in [0.3, 0.4) is 0 Å². The molecule has 38 heavy (non-hydrogen) atoms. The summed E-state index contributed by atoms with van der Waals surface area (Å²) in [5, 5.41) is 13.5. The van der Waals surface area contributed by atoms with Crippen molar-refractivity contribution in [2.24, 2.45) is 5.92 Å². The Morgan fingerprint density at radius 3 is 2.58 bits per heavy atom. The Bertz CT molecular complexity index is 1480. The monoisotopic (exact) mass is 516 g/mol. The van der Waals surface area contributed by atoms with Crippen LogP contribution in [0.1, 0.15) is 31.0 Å². The number of hydrogen-bond donors (Lipinski definition) is 0. The van der Waals surface area contributed by atoms with E-state index in [1.54, 1.807) is 10.7 Å². The van der Waals surface area contributed by atoms with Crippen LogP contribution in [0.25, 0.3) is 16.9 Å². The highest BCUT2D eigenvalue weighted by Gasteiger charge is 2.64. The van der Waals surface area contributed by atoms with Gasteiger partial charge in [0.05, 0.1) is 28.7 Å². The van der Waals surface area contributed by atoms with Gasteiger partial charge >= 0.3 is 0 Å². The summed E-state index contributed by atoms with van der Waals surface area (Å²) in [6.07, 6.45) is 5.35. The van der Waals surface area contributed by atoms with Crippen LogP contribution < -0.4 is 4.90 Å². The minimum absolute atomic E-state index is 0.296. The first-order valence-electron chi connectivity index (χ1n) is 13.4. The van der Waals surface area contributed by atoms with E-state index in [1.165, 1.54) is 18.2 Å². The molecule has 0 spiro atoms. The number of rotatable bonds is 6. The van der Waals surface area contributed by atoms with Crippen molar-refractivity contribution in [3.8, 4) is 11.3 Å². The second-order valence-corrected chi connectivity index (χ2v) is 10.6. The van der Waals surface area contributed by atoms with Gasteiger partial charge in [0, 0.05) is 51.0 Å². The van der Waals surface area contributed by atoms with Crippen molar-refractivity contribution in [2.45, 2.75) is 31.8 Å². The van der Waals surface area contributed by atoms with Crippen molar-refractivity contribution < 1.29 is 8.78 Å². The molecule has 196 valence electrons. The maximum atomic E-state index is 14.8. The fourth-order valence-corrected chi connectivity index (χ4v) is 6.37. The second-order valence-electron chi connectivity index (χ2n) is 10.6. The zero-order chi connectivity index (χ0) is 25.9. The minimum atomic E-state index is -0.540. The van der Waals surface area contributed by atoms with Gasteiger partial charge in [0.1, 0.15) is 17.5 Å². The molecule has 0 N–H and O–H groups in total. The fraction of sp³-hybridized carbons (Fsp3) is 0.429. The lowest BCUT2D eigenvalue weighted by atomic mass is 10.0. The molecule has 0 radical (unpaired) electrons. The summed E-state index contributed by atoms with van der Waals surface area (Å²) in [6.45, 7) is 9.08. The van der Waals surface area contributed by atoms with Gasteiger partial charge in [0.2, 0.25) is 0 Å². The molecule has 2 aliphatic heterocycles. The topological polar surface area (TPSA) is 65.7 Å². The van der Waals surface area contributed by atoms with Crippen molar-refractivity contribution in [3.63, 3.8) is 0 Å². The van der Waals surface area contributed by atoms with Gasteiger partial charge in [-0.05, 0) is 61.7 Å². The largest absolute Gasteiger partial charge is 0.346 e. The lowest BCUT2D eigenvalue weighted by Crippen LogP contribution is -2.45. The normalized spacial score (nSPS) is 23.8. The maximum absolute atomic E-state index is 14.8. The van der Waals surface area contributed by atoms with E-state index in [2.05, 4.69) is 36.9 Å². The first kappa shape index (κ1) is 23.6. The van der Waals surface area contributed by atoms with Crippen LogP contribution in [0, 0.1) is 17.6 Å². The summed E-state index contributed by atoms with van der Waals surface area (Å²) in [5.41, 5.74) is 2.99. The van der Waals surface area contributed by atoms with Crippen molar-refractivity contribution in [3.05, 3.63) is 71.7 Å². The van der Waals surface area contributed by atoms with Crippen LogP contribution in [0.2, 0.25) is 0 Å². The van der Waals surface area contributed by atoms with E-state index in [4.69, 9.17) is 4.98 Å². The van der Waals surface area contributed by atoms with E-state index in [1.807, 2.05) is 24.4 Å². The van der Waals surface area contributed by atoms with Crippen molar-refractivity contribution in [1.82, 2.24) is 34.6 Å². The van der Waals surface area contributed by atoms with E-state index in [9.17, 15) is 8.78 Å². The van der Waals surface area contributed by atoms with E-state index in [-0.39, 0.29) is 5.82 Å². The third-order valence-corrected chi connectivity index (χ3v) is 8.57. The lowest BCUT2D eigenvalue weighted by Gasteiger charge is -2.33. The first-order chi connectivity index (χ1) is 18.5. The van der Waals surface area contributed by atoms with Gasteiger partial charge in [-0.25, -0.2) is 18.3 Å². The molecule has 3 aromatic heterocycles. The molecule has 3 aliphatic rings. The van der Waals surface area contributed by atoms with Crippen molar-refractivity contribution in [2.75, 3.05) is 44.2 Å². The summed E-state index contributed by atoms with van der Waals surface area (Å²) < 4.78 is 30.6. The Morgan fingerprint density at radius 2 is 1.82 bits per heavy atom. The van der Waals surface area contributed by atoms with Gasteiger partial charge in [0.25, 0.3) is 0 Å². The Balaban J connectivity index is 1.15. The molecule has 4 aromatic rings. The molecule has 0 amide bonds. The van der Waals surface area contributed by atoms with Crippen LogP contribution >= 0.6 is 0 Å². The van der Waals surface area contributed by atoms with Crippen LogP contribution in [0.4, 0.5) is 14.6 Å². The van der Waals surface area contributed by atoms with Gasteiger partial charge in [0.15, 0.2) is 5.65 Å². The van der Waals surface area contributed by atoms with E-state index < -0.39 is 11.4 Å². The summed E-state index contributed by atoms with van der Waals surface area (Å²) >= 11 is 0. The minimum Gasteiger partial charge on any atom is -0.346 e. The number of hydrogen-bond acceptors (Lipinski definition) is 7. The van der Waals surface area contributed by atoms with Crippen LogP contribution in [0.15, 0.2) is 48.8 Å². The van der Waals surface area contributed by atoms with Crippen molar-refractivity contribution >= 4 is 11.5 Å². The Hall–Kier alpha value is -3.50. The number of likely N-dealkylation sites (N-methyl/N-ethyl adjacent to an activating group) is 1. The zero-order valence-corrected chi connectivity index (χ0v) is 21.4. The summed E-state index contributed by atoms with van der Waals surface area (Å²) in [4.78, 5) is 12.0. The average Bonchev–Trinajstić information content (AvgIpc) is 3.32. The summed E-state index contributed by atoms with van der Waals surface area (Å²) in [5.74, 6) is 0.248. The van der Waals surface area contributed by atoms with Gasteiger partial charge in [-0.2, -0.15) is 15.3 Å². The number of aromatic nitrogens is 5. The highest BCUT2D eigenvalue weighted by atomic mass is 19.1. The van der Waals surface area contributed by atoms with Crippen LogP contribution in [-0.4, -0.2) is 73.9 Å². The van der Waals surface area contributed by atoms with Gasteiger partial charge in [-0.1, -0.05) is 6.92 Å². The molecule has 8 nitrogen and oxygen atoms in total. The highest BCUT2D eigenvalue weighted by Crippen LogP contribution is 2.63. The Morgan fingerprint density at radius 1 is 0.974 bits per heavy atom. The molecule has 1 aliphatic carbocycles. The molecule has 10 heteroatoms. The Labute approximate surface area is 219 Å². The number of piperazine rings is 1. The predicted octanol–water partition coefficient (Wildman–Crippen LogP) is 3.73. The van der Waals surface area contributed by atoms with Crippen molar-refractivity contribution in [1.29, 1.82) is 0 Å². The molecule has 0 unspecified atom stereocenters. The quantitative estimate of drug-likeness (QED) is 0.387. The predicted molar refractivity (Wildman–Crippen MR) is 140 cm³/mol. The van der Waals surface area contributed by atoms with E-state index in [0.717, 1.165) is 75.7 Å². The number of anilines is 1. The van der Waals surface area contributed by atoms with Gasteiger partial charge in [-0.15, -0.1) is 0 Å². The third-order valence-electron chi connectivity index (χ3n) is 8.57. The number of halogens is 2. The van der Waals surface area contributed by atoms with Crippen LogP contribution in [0.5, 0.6) is 0 Å². The SMILES string of the molecule is CCN1CCN(Cc2ccc(-c3cnn4ccc(N5CC[C@H]6C[C@]65c5cc(F)ccc5F)nc34)nn2)CC1. The maximum Gasteiger partial charge on any atom is 0.166 e. The van der Waals surface area contributed by atoms with E-state index in [0.29, 0.717) is 22.8 Å². The molecule has 5 heterocycles. The number of piperidine rings is 1. The average molecular weight is 517 g/mol. The molecule has 1 saturated carbocycles. The van der Waals surface area contributed by atoms with Gasteiger partial charge in [-0.3, -0.25) is 4.90 Å². The molecular weight excluding hydrogens is 486 g/mol. The molecule has 7 rings (SSSR count). The standard InChI is InChI=1S/C28H30F2N8/c1-2-35-11-13-36(14-12-35)18-21-4-6-25(34-33-21)22-17-31-38-10-8-26(32-27(22)38)37-9-7-19-16-28(19,37)23-15-20(29)3-5-24(23)30/h3-6,8,10,15,17,19H,2,7,9,11-14,16,18H2,1H3/t19-,28+/m0/s1. The van der Waals surface area contributed by atoms with E-state index >= 15 is 0 Å². The number of benzene rings is 1. The summed E-state index contributed by atoms with van der Waals surface area (Å²) in [7, 11) is 0. The number of nitrogens with zero attached hydrogens (tertiary/aromatic N) is 8. The zero-order valence-electron chi connectivity index (χ0n) is 21.4. The van der Waals surface area contributed by atoms with Crippen LogP contribution in [-0.2, 0) is 12.1 Å². The summed E-state index contributed by atoms with van der Waals surface area (Å²) in [6, 6.07) is 9.65. The Kier molecular flexibility index (Phi) is 5.63. The smallest absolute Gasteiger partial charge is 0.166 e. The molecular formula is C28H30F2N8.